The minimum Gasteiger partial charge on any atom is -0.361 e. The number of aryl methyl sites for hydroxylation is 2. The molecule has 106 valence electrons. The monoisotopic (exact) mass is 281 g/mol. The molecule has 0 N–H and O–H groups in total. The first-order valence-corrected chi connectivity index (χ1v) is 6.69. The zero-order valence-electron chi connectivity index (χ0n) is 11.9. The molecule has 5 heteroatoms. The molecule has 5 nitrogen and oxygen atoms in total. The zero-order chi connectivity index (χ0) is 14.8. The summed E-state index contributed by atoms with van der Waals surface area (Å²) < 4.78 is 6.55. The Labute approximate surface area is 121 Å². The van der Waals surface area contributed by atoms with E-state index in [4.69, 9.17) is 4.52 Å². The summed E-state index contributed by atoms with van der Waals surface area (Å²) in [6.07, 6.45) is 1.62. The Bertz CT molecular complexity index is 819. The lowest BCUT2D eigenvalue weighted by molar-refractivity contribution is 0.398. The van der Waals surface area contributed by atoms with Gasteiger partial charge in [0.2, 0.25) is 0 Å². The van der Waals surface area contributed by atoms with Crippen molar-refractivity contribution < 1.29 is 4.52 Å². The highest BCUT2D eigenvalue weighted by atomic mass is 16.5. The highest BCUT2D eigenvalue weighted by Gasteiger charge is 2.12. The van der Waals surface area contributed by atoms with Gasteiger partial charge < -0.3 is 4.52 Å². The fourth-order valence-electron chi connectivity index (χ4n) is 2.21. The number of benzene rings is 1. The van der Waals surface area contributed by atoms with Crippen LogP contribution in [0.4, 0.5) is 0 Å². The molecule has 0 unspecified atom stereocenters. The Morgan fingerprint density at radius 1 is 1.19 bits per heavy atom. The van der Waals surface area contributed by atoms with Crippen molar-refractivity contribution in [3.8, 4) is 11.3 Å². The molecule has 3 rings (SSSR count). The summed E-state index contributed by atoms with van der Waals surface area (Å²) in [6, 6.07) is 11.6. The number of nitrogens with zero attached hydrogens (tertiary/aromatic N) is 3. The van der Waals surface area contributed by atoms with Gasteiger partial charge in [0.05, 0.1) is 24.0 Å². The molecule has 2 aromatic heterocycles. The second kappa shape index (κ2) is 5.36. The Morgan fingerprint density at radius 3 is 2.62 bits per heavy atom. The van der Waals surface area contributed by atoms with Crippen molar-refractivity contribution in [1.29, 1.82) is 0 Å². The normalized spacial score (nSPS) is 10.8. The van der Waals surface area contributed by atoms with Gasteiger partial charge in [0.15, 0.2) is 0 Å². The maximum absolute atomic E-state index is 12.2. The average Bonchev–Trinajstić information content (AvgIpc) is 2.91. The lowest BCUT2D eigenvalue weighted by atomic mass is 10.1. The molecule has 0 saturated heterocycles. The van der Waals surface area contributed by atoms with Crippen LogP contribution in [0.25, 0.3) is 11.3 Å². The number of aromatic nitrogens is 3. The van der Waals surface area contributed by atoms with Gasteiger partial charge in [-0.15, -0.1) is 0 Å². The van der Waals surface area contributed by atoms with E-state index in [1.807, 2.05) is 37.3 Å². The Kier molecular flexibility index (Phi) is 3.39. The van der Waals surface area contributed by atoms with Crippen LogP contribution >= 0.6 is 0 Å². The Morgan fingerprint density at radius 2 is 1.95 bits per heavy atom. The van der Waals surface area contributed by atoms with Crippen molar-refractivity contribution in [2.24, 2.45) is 0 Å². The zero-order valence-corrected chi connectivity index (χ0v) is 11.9. The maximum atomic E-state index is 12.2. The molecule has 0 aliphatic heterocycles. The fraction of sp³-hybridized carbons (Fsp3) is 0.188. The van der Waals surface area contributed by atoms with Crippen LogP contribution in [0.1, 0.15) is 16.9 Å². The fourth-order valence-corrected chi connectivity index (χ4v) is 2.21. The van der Waals surface area contributed by atoms with Gasteiger partial charge in [0.25, 0.3) is 5.56 Å². The predicted molar refractivity (Wildman–Crippen MR) is 79.0 cm³/mol. The summed E-state index contributed by atoms with van der Waals surface area (Å²) in [5, 5.41) is 8.20. The summed E-state index contributed by atoms with van der Waals surface area (Å²) in [6.45, 7) is 4.06. The van der Waals surface area contributed by atoms with Crippen molar-refractivity contribution in [1.82, 2.24) is 14.9 Å². The first-order chi connectivity index (χ1) is 10.1. The molecule has 1 aromatic carbocycles. The van der Waals surface area contributed by atoms with Crippen LogP contribution in [-0.4, -0.2) is 14.9 Å². The van der Waals surface area contributed by atoms with Gasteiger partial charge in [0, 0.05) is 5.56 Å². The van der Waals surface area contributed by atoms with Crippen molar-refractivity contribution in [3.05, 3.63) is 69.8 Å². The second-order valence-electron chi connectivity index (χ2n) is 4.96. The molecule has 0 aliphatic rings. The van der Waals surface area contributed by atoms with Gasteiger partial charge in [-0.05, 0) is 25.5 Å². The van der Waals surface area contributed by atoms with Gasteiger partial charge in [-0.3, -0.25) is 4.79 Å². The molecule has 0 spiro atoms. The highest BCUT2D eigenvalue weighted by Crippen LogP contribution is 2.20. The van der Waals surface area contributed by atoms with Crippen molar-refractivity contribution >= 4 is 0 Å². The topological polar surface area (TPSA) is 60.9 Å². The third-order valence-corrected chi connectivity index (χ3v) is 3.36. The molecule has 21 heavy (non-hydrogen) atoms. The molecule has 0 radical (unpaired) electrons. The van der Waals surface area contributed by atoms with Crippen LogP contribution in [-0.2, 0) is 6.54 Å². The number of hydrogen-bond donors (Lipinski definition) is 0. The molecule has 0 atom stereocenters. The van der Waals surface area contributed by atoms with E-state index in [-0.39, 0.29) is 5.56 Å². The van der Waals surface area contributed by atoms with E-state index < -0.39 is 0 Å². The maximum Gasteiger partial charge on any atom is 0.270 e. The van der Waals surface area contributed by atoms with Crippen LogP contribution in [0.5, 0.6) is 0 Å². The van der Waals surface area contributed by atoms with Crippen molar-refractivity contribution in [2.75, 3.05) is 0 Å². The van der Waals surface area contributed by atoms with E-state index in [0.29, 0.717) is 23.6 Å². The first-order valence-electron chi connectivity index (χ1n) is 6.69. The summed E-state index contributed by atoms with van der Waals surface area (Å²) in [5.41, 5.74) is 3.10. The van der Waals surface area contributed by atoms with E-state index in [2.05, 4.69) is 10.3 Å². The van der Waals surface area contributed by atoms with Gasteiger partial charge in [-0.25, -0.2) is 4.68 Å². The van der Waals surface area contributed by atoms with Crippen LogP contribution < -0.4 is 5.56 Å². The molecule has 2 heterocycles. The Hall–Kier alpha value is -2.69. The molecule has 0 amide bonds. The minimum absolute atomic E-state index is 0.0864. The van der Waals surface area contributed by atoms with Gasteiger partial charge in [0.1, 0.15) is 5.76 Å². The standard InChI is InChI=1S/C16H15N3O2/c1-11-8-15(14-9-17-21-12(14)2)18-19(16(11)20)10-13-6-4-3-5-7-13/h3-9H,10H2,1-2H3. The van der Waals surface area contributed by atoms with Gasteiger partial charge >= 0.3 is 0 Å². The summed E-state index contributed by atoms with van der Waals surface area (Å²) in [5.74, 6) is 0.687. The van der Waals surface area contributed by atoms with Crippen LogP contribution in [0.3, 0.4) is 0 Å². The predicted octanol–water partition coefficient (Wildman–Crippen LogP) is 2.56. The lowest BCUT2D eigenvalue weighted by Gasteiger charge is -2.08. The summed E-state index contributed by atoms with van der Waals surface area (Å²) in [4.78, 5) is 12.2. The molecular formula is C16H15N3O2. The molecule has 3 aromatic rings. The van der Waals surface area contributed by atoms with Crippen LogP contribution in [0, 0.1) is 13.8 Å². The van der Waals surface area contributed by atoms with Crippen molar-refractivity contribution in [3.63, 3.8) is 0 Å². The van der Waals surface area contributed by atoms with Gasteiger partial charge in [-0.2, -0.15) is 5.10 Å². The van der Waals surface area contributed by atoms with Gasteiger partial charge in [-0.1, -0.05) is 35.5 Å². The SMILES string of the molecule is Cc1oncc1-c1cc(C)c(=O)n(Cc2ccccc2)n1. The molecule has 0 saturated carbocycles. The quantitative estimate of drug-likeness (QED) is 0.740. The molecule has 0 aliphatic carbocycles. The smallest absolute Gasteiger partial charge is 0.270 e. The second-order valence-corrected chi connectivity index (χ2v) is 4.96. The molecular weight excluding hydrogens is 266 g/mol. The largest absolute Gasteiger partial charge is 0.361 e. The lowest BCUT2D eigenvalue weighted by Crippen LogP contribution is -2.25. The van der Waals surface area contributed by atoms with Crippen LogP contribution in [0.2, 0.25) is 0 Å². The van der Waals surface area contributed by atoms with E-state index in [1.54, 1.807) is 19.2 Å². The third-order valence-electron chi connectivity index (χ3n) is 3.36. The summed E-state index contributed by atoms with van der Waals surface area (Å²) in [7, 11) is 0. The summed E-state index contributed by atoms with van der Waals surface area (Å²) >= 11 is 0. The number of hydrogen-bond acceptors (Lipinski definition) is 4. The van der Waals surface area contributed by atoms with Crippen LogP contribution in [0.15, 0.2) is 51.9 Å². The molecule has 0 fully saturated rings. The van der Waals surface area contributed by atoms with E-state index >= 15 is 0 Å². The average molecular weight is 281 g/mol. The highest BCUT2D eigenvalue weighted by molar-refractivity contribution is 5.59. The minimum atomic E-state index is -0.0864. The van der Waals surface area contributed by atoms with E-state index in [1.165, 1.54) is 4.68 Å². The van der Waals surface area contributed by atoms with E-state index in [0.717, 1.165) is 11.1 Å². The third kappa shape index (κ3) is 2.63. The Balaban J connectivity index is 2.07. The van der Waals surface area contributed by atoms with E-state index in [9.17, 15) is 4.79 Å². The number of rotatable bonds is 3. The molecule has 0 bridgehead atoms. The first kappa shape index (κ1) is 13.3. The van der Waals surface area contributed by atoms with Crippen molar-refractivity contribution in [2.45, 2.75) is 20.4 Å².